The van der Waals surface area contributed by atoms with Crippen LogP contribution in [0, 0.1) is 0 Å². The molecule has 6 heteroatoms. The number of anilines is 1. The van der Waals surface area contributed by atoms with Crippen LogP contribution in [-0.2, 0) is 14.3 Å². The molecule has 6 nitrogen and oxygen atoms in total. The third kappa shape index (κ3) is 4.55. The predicted molar refractivity (Wildman–Crippen MR) is 86.1 cm³/mol. The summed E-state index contributed by atoms with van der Waals surface area (Å²) in [5.41, 5.74) is 0.873. The first-order valence-corrected chi connectivity index (χ1v) is 7.76. The molecule has 0 bridgehead atoms. The molecule has 1 aliphatic carbocycles. The summed E-state index contributed by atoms with van der Waals surface area (Å²) in [5, 5.41) is 2.73. The van der Waals surface area contributed by atoms with Gasteiger partial charge in [0.05, 0.1) is 12.7 Å². The summed E-state index contributed by atoms with van der Waals surface area (Å²) in [5.74, 6) is -0.818. The molecule has 124 valence electrons. The molecule has 2 rings (SSSR count). The minimum absolute atomic E-state index is 0.0302. The maximum absolute atomic E-state index is 12.2. The van der Waals surface area contributed by atoms with Crippen LogP contribution in [0.3, 0.4) is 0 Å². The molecule has 0 aromatic heterocycles. The van der Waals surface area contributed by atoms with E-state index in [0.717, 1.165) is 25.7 Å². The second kappa shape index (κ2) is 7.76. The Kier molecular flexibility index (Phi) is 5.73. The predicted octanol–water partition coefficient (Wildman–Crippen LogP) is 2.20. The highest BCUT2D eigenvalue weighted by Crippen LogP contribution is 2.23. The highest BCUT2D eigenvalue weighted by molar-refractivity contribution is 5.96. The maximum atomic E-state index is 12.2. The van der Waals surface area contributed by atoms with Crippen LogP contribution in [0.4, 0.5) is 5.69 Å². The number of esters is 1. The van der Waals surface area contributed by atoms with E-state index in [4.69, 9.17) is 0 Å². The van der Waals surface area contributed by atoms with E-state index in [-0.39, 0.29) is 24.4 Å². The summed E-state index contributed by atoms with van der Waals surface area (Å²) in [6.07, 6.45) is 4.09. The van der Waals surface area contributed by atoms with E-state index in [1.807, 2.05) is 0 Å². The molecule has 0 saturated heterocycles. The molecule has 0 radical (unpaired) electrons. The van der Waals surface area contributed by atoms with Gasteiger partial charge in [0.1, 0.15) is 6.54 Å². The fourth-order valence-electron chi connectivity index (χ4n) is 2.91. The molecule has 1 aromatic carbocycles. The third-order valence-electron chi connectivity index (χ3n) is 4.05. The van der Waals surface area contributed by atoms with Gasteiger partial charge in [0.25, 0.3) is 0 Å². The van der Waals surface area contributed by atoms with Crippen LogP contribution in [0.1, 0.15) is 43.0 Å². The van der Waals surface area contributed by atoms with Crippen molar-refractivity contribution in [2.24, 2.45) is 0 Å². The summed E-state index contributed by atoms with van der Waals surface area (Å²) < 4.78 is 4.66. The van der Waals surface area contributed by atoms with Crippen molar-refractivity contribution >= 4 is 23.5 Å². The van der Waals surface area contributed by atoms with Crippen molar-refractivity contribution in [3.05, 3.63) is 29.8 Å². The Morgan fingerprint density at radius 2 is 1.96 bits per heavy atom. The fourth-order valence-corrected chi connectivity index (χ4v) is 2.91. The molecule has 1 fully saturated rings. The Hall–Kier alpha value is -2.37. The summed E-state index contributed by atoms with van der Waals surface area (Å²) in [4.78, 5) is 37.1. The summed E-state index contributed by atoms with van der Waals surface area (Å²) in [6.45, 7) is 1.52. The fraction of sp³-hybridized carbons (Fsp3) is 0.471. The Bertz CT molecular complexity index is 594. The smallest absolute Gasteiger partial charge is 0.337 e. The van der Waals surface area contributed by atoms with Crippen LogP contribution in [0.2, 0.25) is 0 Å². The first-order chi connectivity index (χ1) is 11.0. The van der Waals surface area contributed by atoms with Gasteiger partial charge < -0.3 is 15.0 Å². The molecule has 0 aliphatic heterocycles. The van der Waals surface area contributed by atoms with Crippen molar-refractivity contribution in [3.63, 3.8) is 0 Å². The normalized spacial score (nSPS) is 14.3. The Balaban J connectivity index is 2.00. The van der Waals surface area contributed by atoms with E-state index in [9.17, 15) is 14.4 Å². The molecule has 0 heterocycles. The van der Waals surface area contributed by atoms with Crippen LogP contribution in [0.15, 0.2) is 24.3 Å². The molecule has 1 N–H and O–H groups in total. The van der Waals surface area contributed by atoms with Crippen molar-refractivity contribution in [1.29, 1.82) is 0 Å². The molecule has 0 spiro atoms. The third-order valence-corrected chi connectivity index (χ3v) is 4.05. The Morgan fingerprint density at radius 1 is 1.26 bits per heavy atom. The average Bonchev–Trinajstić information content (AvgIpc) is 3.05. The number of rotatable bonds is 5. The molecular weight excluding hydrogens is 296 g/mol. The van der Waals surface area contributed by atoms with Crippen LogP contribution < -0.4 is 5.32 Å². The van der Waals surface area contributed by atoms with E-state index in [1.54, 1.807) is 29.2 Å². The van der Waals surface area contributed by atoms with E-state index in [2.05, 4.69) is 10.1 Å². The van der Waals surface area contributed by atoms with E-state index < -0.39 is 5.97 Å². The van der Waals surface area contributed by atoms with Crippen molar-refractivity contribution in [2.45, 2.75) is 38.6 Å². The molecule has 23 heavy (non-hydrogen) atoms. The first kappa shape index (κ1) is 17.0. The average molecular weight is 318 g/mol. The van der Waals surface area contributed by atoms with E-state index in [0.29, 0.717) is 11.3 Å². The van der Waals surface area contributed by atoms with Crippen molar-refractivity contribution in [2.75, 3.05) is 19.0 Å². The number of nitrogens with one attached hydrogen (secondary N) is 1. The van der Waals surface area contributed by atoms with Gasteiger partial charge in [0.15, 0.2) is 0 Å². The zero-order valence-electron chi connectivity index (χ0n) is 13.5. The SMILES string of the molecule is COC(=O)c1cccc(NC(=O)CN(C(C)=O)C2CCCC2)c1. The highest BCUT2D eigenvalue weighted by Gasteiger charge is 2.26. The summed E-state index contributed by atoms with van der Waals surface area (Å²) >= 11 is 0. The number of ether oxygens (including phenoxy) is 1. The van der Waals surface area contributed by atoms with Gasteiger partial charge in [-0.15, -0.1) is 0 Å². The summed E-state index contributed by atoms with van der Waals surface area (Å²) in [7, 11) is 1.31. The van der Waals surface area contributed by atoms with Gasteiger partial charge in [0.2, 0.25) is 11.8 Å². The maximum Gasteiger partial charge on any atom is 0.337 e. The van der Waals surface area contributed by atoms with Gasteiger partial charge in [0, 0.05) is 18.7 Å². The highest BCUT2D eigenvalue weighted by atomic mass is 16.5. The molecule has 1 aromatic rings. The minimum atomic E-state index is -0.461. The van der Waals surface area contributed by atoms with Gasteiger partial charge in [-0.1, -0.05) is 18.9 Å². The molecule has 0 unspecified atom stereocenters. The second-order valence-corrected chi connectivity index (χ2v) is 5.71. The molecule has 0 atom stereocenters. The van der Waals surface area contributed by atoms with Gasteiger partial charge in [-0.25, -0.2) is 4.79 Å². The first-order valence-electron chi connectivity index (χ1n) is 7.76. The standard InChI is InChI=1S/C17H22N2O4/c1-12(20)19(15-8-3-4-9-15)11-16(21)18-14-7-5-6-13(10-14)17(22)23-2/h5-7,10,15H,3-4,8-9,11H2,1-2H3,(H,18,21). The largest absolute Gasteiger partial charge is 0.465 e. The molecule has 1 saturated carbocycles. The molecule has 1 aliphatic rings. The number of carbonyl (C=O) groups excluding carboxylic acids is 3. The number of carbonyl (C=O) groups is 3. The van der Waals surface area contributed by atoms with E-state index >= 15 is 0 Å². The number of nitrogens with zero attached hydrogens (tertiary/aromatic N) is 1. The zero-order valence-corrected chi connectivity index (χ0v) is 13.5. The van der Waals surface area contributed by atoms with Crippen LogP contribution >= 0.6 is 0 Å². The lowest BCUT2D eigenvalue weighted by Crippen LogP contribution is -2.42. The van der Waals surface area contributed by atoms with Gasteiger partial charge in [-0.2, -0.15) is 0 Å². The van der Waals surface area contributed by atoms with Crippen LogP contribution in [0.25, 0.3) is 0 Å². The van der Waals surface area contributed by atoms with Gasteiger partial charge in [-0.3, -0.25) is 9.59 Å². The Labute approximate surface area is 135 Å². The number of benzene rings is 1. The lowest BCUT2D eigenvalue weighted by atomic mass is 10.2. The Morgan fingerprint density at radius 3 is 2.57 bits per heavy atom. The van der Waals surface area contributed by atoms with Crippen molar-refractivity contribution in [1.82, 2.24) is 4.90 Å². The lowest BCUT2D eigenvalue weighted by molar-refractivity contribution is -0.135. The van der Waals surface area contributed by atoms with E-state index in [1.165, 1.54) is 14.0 Å². The summed E-state index contributed by atoms with van der Waals surface area (Å²) in [6, 6.07) is 6.68. The monoisotopic (exact) mass is 318 g/mol. The quantitative estimate of drug-likeness (QED) is 0.845. The van der Waals surface area contributed by atoms with Gasteiger partial charge in [-0.05, 0) is 31.0 Å². The topological polar surface area (TPSA) is 75.7 Å². The van der Waals surface area contributed by atoms with Crippen molar-refractivity contribution < 1.29 is 19.1 Å². The van der Waals surface area contributed by atoms with Crippen molar-refractivity contribution in [3.8, 4) is 0 Å². The zero-order chi connectivity index (χ0) is 16.8. The number of methoxy groups -OCH3 is 1. The lowest BCUT2D eigenvalue weighted by Gasteiger charge is -2.27. The minimum Gasteiger partial charge on any atom is -0.465 e. The molecule has 2 amide bonds. The second-order valence-electron chi connectivity index (χ2n) is 5.71. The molecular formula is C17H22N2O4. The van der Waals surface area contributed by atoms with Crippen LogP contribution in [0.5, 0.6) is 0 Å². The van der Waals surface area contributed by atoms with Crippen LogP contribution in [-0.4, -0.2) is 42.4 Å². The van der Waals surface area contributed by atoms with Gasteiger partial charge >= 0.3 is 5.97 Å². The number of amides is 2. The number of hydrogen-bond acceptors (Lipinski definition) is 4. The number of hydrogen-bond donors (Lipinski definition) is 1.